The van der Waals surface area contributed by atoms with Crippen molar-refractivity contribution < 1.29 is 15.0 Å². The monoisotopic (exact) mass is 159 g/mol. The first-order chi connectivity index (χ1) is 5.07. The highest BCUT2D eigenvalue weighted by molar-refractivity contribution is 5.67. The van der Waals surface area contributed by atoms with Crippen molar-refractivity contribution >= 4 is 5.97 Å². The molecule has 66 valence electrons. The molecule has 11 heavy (non-hydrogen) atoms. The van der Waals surface area contributed by atoms with E-state index >= 15 is 0 Å². The van der Waals surface area contributed by atoms with Gasteiger partial charge in [-0.15, -0.1) is 0 Å². The largest absolute Gasteiger partial charge is 0.550 e. The highest BCUT2D eigenvalue weighted by Gasteiger charge is 2.10. The molecule has 0 bridgehead atoms. The molecule has 0 aliphatic carbocycles. The Balaban J connectivity index is 3.79. The summed E-state index contributed by atoms with van der Waals surface area (Å²) in [4.78, 5) is 10.4. The van der Waals surface area contributed by atoms with Gasteiger partial charge in [-0.3, -0.25) is 0 Å². The summed E-state index contributed by atoms with van der Waals surface area (Å²) >= 11 is 0. The van der Waals surface area contributed by atoms with Gasteiger partial charge >= 0.3 is 0 Å². The Morgan fingerprint density at radius 1 is 1.55 bits per heavy atom. The summed E-state index contributed by atoms with van der Waals surface area (Å²) in [5.41, 5.74) is 0. The normalized spacial score (nSPS) is 13.5. The standard InChI is InChI=1S/C8H16O3/c1-6(2)5-7(3-4-9)8(10)11/h6-7,9H,3-5H2,1-2H3,(H,10,11)/p-1. The van der Waals surface area contributed by atoms with Crippen molar-refractivity contribution in [1.29, 1.82) is 0 Å². The van der Waals surface area contributed by atoms with Gasteiger partial charge in [-0.2, -0.15) is 0 Å². The molecule has 1 N–H and O–H groups in total. The number of carboxylic acid groups (broad SMARTS) is 1. The van der Waals surface area contributed by atoms with Gasteiger partial charge in [0.05, 0.1) is 0 Å². The molecule has 1 unspecified atom stereocenters. The van der Waals surface area contributed by atoms with Crippen LogP contribution in [0.2, 0.25) is 0 Å². The number of aliphatic carboxylic acids is 1. The van der Waals surface area contributed by atoms with E-state index in [0.29, 0.717) is 18.8 Å². The Morgan fingerprint density at radius 2 is 2.09 bits per heavy atom. The molecule has 0 saturated carbocycles. The lowest BCUT2D eigenvalue weighted by atomic mass is 9.95. The van der Waals surface area contributed by atoms with Crippen LogP contribution in [0, 0.1) is 11.8 Å². The van der Waals surface area contributed by atoms with E-state index in [1.165, 1.54) is 0 Å². The molecule has 0 fully saturated rings. The van der Waals surface area contributed by atoms with E-state index in [-0.39, 0.29) is 6.61 Å². The molecule has 0 aromatic carbocycles. The van der Waals surface area contributed by atoms with Crippen LogP contribution in [-0.2, 0) is 4.79 Å². The molecule has 3 heteroatoms. The molecule has 0 rings (SSSR count). The smallest absolute Gasteiger partial charge is 0.0446 e. The van der Waals surface area contributed by atoms with Crippen molar-refractivity contribution in [2.45, 2.75) is 26.7 Å². The zero-order valence-corrected chi connectivity index (χ0v) is 7.04. The van der Waals surface area contributed by atoms with Gasteiger partial charge in [-0.1, -0.05) is 13.8 Å². The fraction of sp³-hybridized carbons (Fsp3) is 0.875. The number of carbonyl (C=O) groups excluding carboxylic acids is 1. The summed E-state index contributed by atoms with van der Waals surface area (Å²) in [6, 6.07) is 0. The van der Waals surface area contributed by atoms with Crippen LogP contribution in [0.25, 0.3) is 0 Å². The zero-order chi connectivity index (χ0) is 8.85. The third-order valence-corrected chi connectivity index (χ3v) is 1.57. The number of rotatable bonds is 5. The number of aliphatic hydroxyl groups is 1. The Bertz CT molecular complexity index is 121. The molecule has 0 aromatic heterocycles. The van der Waals surface area contributed by atoms with Gasteiger partial charge in [0.1, 0.15) is 0 Å². The minimum Gasteiger partial charge on any atom is -0.550 e. The molecule has 0 aromatic rings. The molecule has 0 radical (unpaired) electrons. The summed E-state index contributed by atoms with van der Waals surface area (Å²) in [5.74, 6) is -1.20. The minimum atomic E-state index is -1.05. The second-order valence-electron chi connectivity index (χ2n) is 3.16. The van der Waals surface area contributed by atoms with E-state index in [0.717, 1.165) is 0 Å². The maximum absolute atomic E-state index is 10.4. The van der Waals surface area contributed by atoms with Crippen molar-refractivity contribution in [3.63, 3.8) is 0 Å². The first-order valence-electron chi connectivity index (χ1n) is 3.89. The number of carboxylic acids is 1. The van der Waals surface area contributed by atoms with Gasteiger partial charge in [0, 0.05) is 18.5 Å². The van der Waals surface area contributed by atoms with E-state index in [9.17, 15) is 9.90 Å². The van der Waals surface area contributed by atoms with E-state index in [2.05, 4.69) is 0 Å². The van der Waals surface area contributed by atoms with Gasteiger partial charge in [-0.25, -0.2) is 0 Å². The summed E-state index contributed by atoms with van der Waals surface area (Å²) in [7, 11) is 0. The fourth-order valence-corrected chi connectivity index (χ4v) is 1.06. The van der Waals surface area contributed by atoms with Gasteiger partial charge in [0.2, 0.25) is 0 Å². The topological polar surface area (TPSA) is 60.4 Å². The number of hydrogen-bond acceptors (Lipinski definition) is 3. The second-order valence-corrected chi connectivity index (χ2v) is 3.16. The Morgan fingerprint density at radius 3 is 2.36 bits per heavy atom. The van der Waals surface area contributed by atoms with Crippen LogP contribution in [0.4, 0.5) is 0 Å². The lowest BCUT2D eigenvalue weighted by molar-refractivity contribution is -0.312. The lowest BCUT2D eigenvalue weighted by Gasteiger charge is -2.18. The summed E-state index contributed by atoms with van der Waals surface area (Å²) in [6.07, 6.45) is 0.892. The predicted molar refractivity (Wildman–Crippen MR) is 39.7 cm³/mol. The van der Waals surface area contributed by atoms with Crippen molar-refractivity contribution in [2.24, 2.45) is 11.8 Å². The molecule has 0 aliphatic heterocycles. The molecule has 0 spiro atoms. The predicted octanol–water partition coefficient (Wildman–Crippen LogP) is -0.219. The van der Waals surface area contributed by atoms with Crippen LogP contribution in [0.15, 0.2) is 0 Å². The van der Waals surface area contributed by atoms with E-state index < -0.39 is 11.9 Å². The van der Waals surface area contributed by atoms with Gasteiger partial charge in [0.25, 0.3) is 0 Å². The van der Waals surface area contributed by atoms with Crippen LogP contribution >= 0.6 is 0 Å². The Labute approximate surface area is 67.0 Å². The van der Waals surface area contributed by atoms with Crippen molar-refractivity contribution in [3.8, 4) is 0 Å². The SMILES string of the molecule is CC(C)CC(CCO)C(=O)[O-]. The zero-order valence-electron chi connectivity index (χ0n) is 7.04. The minimum absolute atomic E-state index is 0.0780. The highest BCUT2D eigenvalue weighted by Crippen LogP contribution is 2.13. The van der Waals surface area contributed by atoms with Crippen LogP contribution in [0.1, 0.15) is 26.7 Å². The second kappa shape index (κ2) is 5.13. The molecular formula is C8H15O3-. The first kappa shape index (κ1) is 10.4. The Kier molecular flexibility index (Phi) is 4.86. The molecule has 0 amide bonds. The quantitative estimate of drug-likeness (QED) is 0.603. The van der Waals surface area contributed by atoms with Crippen molar-refractivity contribution in [2.75, 3.05) is 6.61 Å². The molecule has 1 atom stereocenters. The third kappa shape index (κ3) is 4.79. The lowest BCUT2D eigenvalue weighted by Crippen LogP contribution is -2.32. The van der Waals surface area contributed by atoms with Crippen LogP contribution < -0.4 is 5.11 Å². The first-order valence-corrected chi connectivity index (χ1v) is 3.89. The van der Waals surface area contributed by atoms with Crippen LogP contribution in [-0.4, -0.2) is 17.7 Å². The van der Waals surface area contributed by atoms with E-state index in [4.69, 9.17) is 5.11 Å². The van der Waals surface area contributed by atoms with Gasteiger partial charge in [0.15, 0.2) is 0 Å². The van der Waals surface area contributed by atoms with E-state index in [1.54, 1.807) is 0 Å². The molecule has 3 nitrogen and oxygen atoms in total. The molecule has 0 saturated heterocycles. The number of carbonyl (C=O) groups is 1. The van der Waals surface area contributed by atoms with Crippen LogP contribution in [0.3, 0.4) is 0 Å². The van der Waals surface area contributed by atoms with Crippen molar-refractivity contribution in [1.82, 2.24) is 0 Å². The van der Waals surface area contributed by atoms with Crippen molar-refractivity contribution in [3.05, 3.63) is 0 Å². The molecule has 0 aliphatic rings. The average Bonchev–Trinajstić information content (AvgIpc) is 1.86. The number of hydrogen-bond donors (Lipinski definition) is 1. The third-order valence-electron chi connectivity index (χ3n) is 1.57. The average molecular weight is 159 g/mol. The molecule has 0 heterocycles. The fourth-order valence-electron chi connectivity index (χ4n) is 1.06. The van der Waals surface area contributed by atoms with Gasteiger partial charge in [-0.05, 0) is 18.8 Å². The van der Waals surface area contributed by atoms with Gasteiger partial charge < -0.3 is 15.0 Å². The van der Waals surface area contributed by atoms with Crippen LogP contribution in [0.5, 0.6) is 0 Å². The highest BCUT2D eigenvalue weighted by atomic mass is 16.4. The maximum Gasteiger partial charge on any atom is 0.0446 e. The number of aliphatic hydroxyl groups excluding tert-OH is 1. The molecular weight excluding hydrogens is 144 g/mol. The summed E-state index contributed by atoms with van der Waals surface area (Å²) in [6.45, 7) is 3.83. The van der Waals surface area contributed by atoms with E-state index in [1.807, 2.05) is 13.8 Å². The maximum atomic E-state index is 10.4. The Hall–Kier alpha value is -0.570. The summed E-state index contributed by atoms with van der Waals surface area (Å²) in [5, 5.41) is 18.9. The summed E-state index contributed by atoms with van der Waals surface area (Å²) < 4.78 is 0.